The molecule has 3 atom stereocenters. The van der Waals surface area contributed by atoms with E-state index in [9.17, 15) is 9.59 Å². The van der Waals surface area contributed by atoms with E-state index in [0.717, 1.165) is 12.1 Å². The first-order valence-corrected chi connectivity index (χ1v) is 9.13. The molecule has 0 radical (unpaired) electrons. The van der Waals surface area contributed by atoms with Crippen molar-refractivity contribution in [2.24, 2.45) is 11.8 Å². The lowest BCUT2D eigenvalue weighted by Gasteiger charge is -2.30. The van der Waals surface area contributed by atoms with E-state index in [4.69, 9.17) is 0 Å². The highest BCUT2D eigenvalue weighted by molar-refractivity contribution is 6.00. The Morgan fingerprint density at radius 2 is 1.92 bits per heavy atom. The lowest BCUT2D eigenvalue weighted by atomic mass is 9.85. The summed E-state index contributed by atoms with van der Waals surface area (Å²) in [6, 6.07) is 6.33. The topological polar surface area (TPSA) is 49.4 Å². The van der Waals surface area contributed by atoms with Crippen LogP contribution < -0.4 is 10.2 Å². The van der Waals surface area contributed by atoms with Crippen molar-refractivity contribution in [1.29, 1.82) is 0 Å². The van der Waals surface area contributed by atoms with E-state index in [-0.39, 0.29) is 23.8 Å². The first kappa shape index (κ1) is 17.0. The largest absolute Gasteiger partial charge is 0.353 e. The smallest absolute Gasteiger partial charge is 0.227 e. The summed E-state index contributed by atoms with van der Waals surface area (Å²) in [6.45, 7) is 6.82. The summed E-state index contributed by atoms with van der Waals surface area (Å²) in [6.07, 6.45) is 5.02. The zero-order valence-corrected chi connectivity index (χ0v) is 15.0. The Balaban J connectivity index is 1.65. The summed E-state index contributed by atoms with van der Waals surface area (Å²) in [7, 11) is 0. The number of amides is 2. The molecule has 1 saturated heterocycles. The van der Waals surface area contributed by atoms with Crippen LogP contribution in [-0.4, -0.2) is 24.4 Å². The Labute approximate surface area is 144 Å². The van der Waals surface area contributed by atoms with Gasteiger partial charge in [-0.3, -0.25) is 9.59 Å². The predicted octanol–water partition coefficient (Wildman–Crippen LogP) is 3.35. The third-order valence-electron chi connectivity index (χ3n) is 5.74. The molecule has 3 rings (SSSR count). The molecule has 2 aliphatic rings. The van der Waals surface area contributed by atoms with Crippen molar-refractivity contribution in [2.45, 2.75) is 58.9 Å². The maximum atomic E-state index is 12.6. The van der Waals surface area contributed by atoms with Gasteiger partial charge < -0.3 is 10.2 Å². The van der Waals surface area contributed by atoms with E-state index >= 15 is 0 Å². The molecule has 1 aliphatic carbocycles. The number of hydrogen-bond donors (Lipinski definition) is 1. The summed E-state index contributed by atoms with van der Waals surface area (Å²) in [5.74, 6) is 0.410. The van der Waals surface area contributed by atoms with Gasteiger partial charge in [0.2, 0.25) is 11.8 Å². The zero-order chi connectivity index (χ0) is 17.3. The van der Waals surface area contributed by atoms with Crippen LogP contribution in [-0.2, 0) is 9.59 Å². The fourth-order valence-corrected chi connectivity index (χ4v) is 3.86. The second-order valence-electron chi connectivity index (χ2n) is 7.55. The van der Waals surface area contributed by atoms with Crippen molar-refractivity contribution < 1.29 is 9.59 Å². The van der Waals surface area contributed by atoms with Crippen LogP contribution >= 0.6 is 0 Å². The average Bonchev–Trinajstić information content (AvgIpc) is 2.94. The van der Waals surface area contributed by atoms with Crippen molar-refractivity contribution in [1.82, 2.24) is 5.32 Å². The average molecular weight is 328 g/mol. The molecule has 0 aromatic heterocycles. The van der Waals surface area contributed by atoms with Gasteiger partial charge in [-0.15, -0.1) is 0 Å². The molecular weight excluding hydrogens is 300 g/mol. The second kappa shape index (κ2) is 6.96. The van der Waals surface area contributed by atoms with Gasteiger partial charge in [-0.05, 0) is 55.9 Å². The highest BCUT2D eigenvalue weighted by atomic mass is 16.2. The Bertz CT molecular complexity index is 641. The number of nitrogens with one attached hydrogen (secondary N) is 1. The molecule has 0 bridgehead atoms. The molecule has 0 unspecified atom stereocenters. The number of rotatable bonds is 3. The molecule has 1 N–H and O–H groups in total. The van der Waals surface area contributed by atoms with Crippen molar-refractivity contribution in [3.8, 4) is 0 Å². The number of nitrogens with zero attached hydrogens (tertiary/aromatic N) is 1. The molecule has 1 aromatic carbocycles. The fourth-order valence-electron chi connectivity index (χ4n) is 3.86. The van der Waals surface area contributed by atoms with Crippen molar-refractivity contribution in [3.63, 3.8) is 0 Å². The Morgan fingerprint density at radius 3 is 2.62 bits per heavy atom. The molecule has 1 saturated carbocycles. The molecule has 4 nitrogen and oxygen atoms in total. The van der Waals surface area contributed by atoms with Crippen LogP contribution in [0.25, 0.3) is 0 Å². The standard InChI is InChI=1S/C20H28N2O2/c1-13-8-9-17(10-15(13)3)22-12-16(11-19(22)23)20(24)21-18-7-5-4-6-14(18)2/h8-10,14,16,18H,4-7,11-12H2,1-3H3,(H,21,24)/t14-,16+,18-/m0/s1. The van der Waals surface area contributed by atoms with Gasteiger partial charge in [0.05, 0.1) is 5.92 Å². The molecule has 24 heavy (non-hydrogen) atoms. The van der Waals surface area contributed by atoms with Gasteiger partial charge in [0.1, 0.15) is 0 Å². The van der Waals surface area contributed by atoms with Crippen molar-refractivity contribution >= 4 is 17.5 Å². The number of benzene rings is 1. The highest BCUT2D eigenvalue weighted by Crippen LogP contribution is 2.28. The number of hydrogen-bond acceptors (Lipinski definition) is 2. The lowest BCUT2D eigenvalue weighted by molar-refractivity contribution is -0.127. The highest BCUT2D eigenvalue weighted by Gasteiger charge is 2.36. The Hall–Kier alpha value is -1.84. The van der Waals surface area contributed by atoms with Crippen LogP contribution in [0, 0.1) is 25.7 Å². The third kappa shape index (κ3) is 3.47. The van der Waals surface area contributed by atoms with Gasteiger partial charge in [0, 0.05) is 24.7 Å². The minimum atomic E-state index is -0.228. The van der Waals surface area contributed by atoms with Crippen LogP contribution in [0.15, 0.2) is 18.2 Å². The number of carbonyl (C=O) groups is 2. The summed E-state index contributed by atoms with van der Waals surface area (Å²) in [4.78, 5) is 26.8. The molecule has 2 amide bonds. The van der Waals surface area contributed by atoms with Gasteiger partial charge >= 0.3 is 0 Å². The quantitative estimate of drug-likeness (QED) is 0.925. The maximum absolute atomic E-state index is 12.6. The maximum Gasteiger partial charge on any atom is 0.227 e. The van der Waals surface area contributed by atoms with Gasteiger partial charge in [-0.1, -0.05) is 25.8 Å². The van der Waals surface area contributed by atoms with Gasteiger partial charge in [0.15, 0.2) is 0 Å². The number of carbonyl (C=O) groups excluding carboxylic acids is 2. The lowest BCUT2D eigenvalue weighted by Crippen LogP contribution is -2.44. The molecule has 130 valence electrons. The molecule has 0 spiro atoms. The third-order valence-corrected chi connectivity index (χ3v) is 5.74. The van der Waals surface area contributed by atoms with Crippen LogP contribution in [0.4, 0.5) is 5.69 Å². The molecule has 4 heteroatoms. The normalized spacial score (nSPS) is 27.4. The molecular formula is C20H28N2O2. The number of aryl methyl sites for hydroxylation is 2. The first-order valence-electron chi connectivity index (χ1n) is 9.13. The monoisotopic (exact) mass is 328 g/mol. The Morgan fingerprint density at radius 1 is 1.17 bits per heavy atom. The van der Waals surface area contributed by atoms with E-state index < -0.39 is 0 Å². The van der Waals surface area contributed by atoms with E-state index in [0.29, 0.717) is 18.9 Å². The van der Waals surface area contributed by atoms with Crippen molar-refractivity contribution in [2.75, 3.05) is 11.4 Å². The van der Waals surface area contributed by atoms with Crippen LogP contribution in [0.1, 0.15) is 50.2 Å². The van der Waals surface area contributed by atoms with Gasteiger partial charge in [0.25, 0.3) is 0 Å². The van der Waals surface area contributed by atoms with Crippen molar-refractivity contribution in [3.05, 3.63) is 29.3 Å². The molecule has 1 aliphatic heterocycles. The predicted molar refractivity (Wildman–Crippen MR) is 95.9 cm³/mol. The second-order valence-corrected chi connectivity index (χ2v) is 7.55. The minimum Gasteiger partial charge on any atom is -0.353 e. The van der Waals surface area contributed by atoms with E-state index in [1.54, 1.807) is 4.90 Å². The molecule has 1 heterocycles. The summed E-state index contributed by atoms with van der Waals surface area (Å²) in [5, 5.41) is 3.21. The van der Waals surface area contributed by atoms with Crippen LogP contribution in [0.2, 0.25) is 0 Å². The summed E-state index contributed by atoms with van der Waals surface area (Å²) < 4.78 is 0. The van der Waals surface area contributed by atoms with Gasteiger partial charge in [-0.25, -0.2) is 0 Å². The van der Waals surface area contributed by atoms with Crippen LogP contribution in [0.5, 0.6) is 0 Å². The number of anilines is 1. The zero-order valence-electron chi connectivity index (χ0n) is 15.0. The Kier molecular flexibility index (Phi) is 4.93. The summed E-state index contributed by atoms with van der Waals surface area (Å²) >= 11 is 0. The van der Waals surface area contributed by atoms with Crippen LogP contribution in [0.3, 0.4) is 0 Å². The molecule has 2 fully saturated rings. The SMILES string of the molecule is Cc1ccc(N2C[C@H](C(=O)N[C@H]3CCCC[C@@H]3C)CC2=O)cc1C. The minimum absolute atomic E-state index is 0.0495. The van der Waals surface area contributed by atoms with E-state index in [1.165, 1.54) is 30.4 Å². The molecule has 1 aromatic rings. The summed E-state index contributed by atoms with van der Waals surface area (Å²) in [5.41, 5.74) is 3.29. The fraction of sp³-hybridized carbons (Fsp3) is 0.600. The van der Waals surface area contributed by atoms with Gasteiger partial charge in [-0.2, -0.15) is 0 Å². The van der Waals surface area contributed by atoms with E-state index in [1.807, 2.05) is 25.1 Å². The first-order chi connectivity index (χ1) is 11.5. The van der Waals surface area contributed by atoms with E-state index in [2.05, 4.69) is 19.2 Å².